The quantitative estimate of drug-likeness (QED) is 0.546. The third-order valence-corrected chi connectivity index (χ3v) is 6.27. The Bertz CT molecular complexity index is 1120. The summed E-state index contributed by atoms with van der Waals surface area (Å²) in [6.45, 7) is 8.03. The zero-order valence-corrected chi connectivity index (χ0v) is 19.3. The maximum atomic E-state index is 12.4. The van der Waals surface area contributed by atoms with Crippen LogP contribution in [0.3, 0.4) is 0 Å². The minimum atomic E-state index is -0.164. The number of carbonyl (C=O) groups is 2. The van der Waals surface area contributed by atoms with Gasteiger partial charge in [0.1, 0.15) is 5.82 Å². The van der Waals surface area contributed by atoms with Crippen molar-refractivity contribution in [3.05, 3.63) is 64.5 Å². The normalized spacial score (nSPS) is 10.7. The first-order chi connectivity index (χ1) is 14.7. The molecule has 0 aliphatic carbocycles. The molecule has 0 spiro atoms. The van der Waals surface area contributed by atoms with E-state index in [0.717, 1.165) is 28.1 Å². The summed E-state index contributed by atoms with van der Waals surface area (Å²) in [5.74, 6) is 0.464. The SMILES string of the molecule is Cc1ccc(NC(=O)Cc2nnc(SCC(=O)Nc3cccc(C)c3C)n2C)cc1C. The topological polar surface area (TPSA) is 88.9 Å². The van der Waals surface area contributed by atoms with Gasteiger partial charge in [-0.05, 0) is 68.1 Å². The number of nitrogens with one attached hydrogen (secondary N) is 2. The van der Waals surface area contributed by atoms with Gasteiger partial charge in [0.2, 0.25) is 11.8 Å². The number of thioether (sulfide) groups is 1. The van der Waals surface area contributed by atoms with Crippen LogP contribution in [0.25, 0.3) is 0 Å². The lowest BCUT2D eigenvalue weighted by molar-refractivity contribution is -0.116. The molecule has 2 amide bonds. The predicted molar refractivity (Wildman–Crippen MR) is 125 cm³/mol. The van der Waals surface area contributed by atoms with Gasteiger partial charge in [0, 0.05) is 18.4 Å². The molecule has 3 rings (SSSR count). The molecular weight excluding hydrogens is 410 g/mol. The van der Waals surface area contributed by atoms with Crippen LogP contribution in [0.1, 0.15) is 28.1 Å². The summed E-state index contributed by atoms with van der Waals surface area (Å²) in [7, 11) is 1.80. The van der Waals surface area contributed by atoms with Crippen molar-refractivity contribution < 1.29 is 9.59 Å². The van der Waals surface area contributed by atoms with Crippen LogP contribution >= 0.6 is 11.8 Å². The van der Waals surface area contributed by atoms with Crippen LogP contribution in [0.15, 0.2) is 41.6 Å². The van der Waals surface area contributed by atoms with Crippen molar-refractivity contribution in [1.29, 1.82) is 0 Å². The zero-order valence-electron chi connectivity index (χ0n) is 18.4. The molecule has 3 aromatic rings. The second-order valence-corrected chi connectivity index (χ2v) is 8.51. The van der Waals surface area contributed by atoms with Crippen molar-refractivity contribution in [3.8, 4) is 0 Å². The van der Waals surface area contributed by atoms with E-state index >= 15 is 0 Å². The molecule has 0 atom stereocenters. The number of rotatable bonds is 7. The summed E-state index contributed by atoms with van der Waals surface area (Å²) < 4.78 is 1.75. The van der Waals surface area contributed by atoms with Crippen LogP contribution in [0, 0.1) is 27.7 Å². The van der Waals surface area contributed by atoms with Gasteiger partial charge in [-0.1, -0.05) is 30.0 Å². The Morgan fingerprint density at radius 3 is 2.45 bits per heavy atom. The van der Waals surface area contributed by atoms with Crippen LogP contribution in [-0.2, 0) is 23.1 Å². The fourth-order valence-corrected chi connectivity index (χ4v) is 3.73. The van der Waals surface area contributed by atoms with E-state index < -0.39 is 0 Å². The highest BCUT2D eigenvalue weighted by Gasteiger charge is 2.15. The Hall–Kier alpha value is -3.13. The van der Waals surface area contributed by atoms with Gasteiger partial charge in [-0.25, -0.2) is 0 Å². The smallest absolute Gasteiger partial charge is 0.234 e. The summed E-state index contributed by atoms with van der Waals surface area (Å²) in [5, 5.41) is 14.7. The van der Waals surface area contributed by atoms with Gasteiger partial charge in [-0.2, -0.15) is 0 Å². The van der Waals surface area contributed by atoms with E-state index in [4.69, 9.17) is 0 Å². The second-order valence-electron chi connectivity index (χ2n) is 7.57. The fraction of sp³-hybridized carbons (Fsp3) is 0.304. The monoisotopic (exact) mass is 437 g/mol. The zero-order chi connectivity index (χ0) is 22.5. The summed E-state index contributed by atoms with van der Waals surface area (Å²) in [6.07, 6.45) is 0.103. The highest BCUT2D eigenvalue weighted by molar-refractivity contribution is 7.99. The number of nitrogens with zero attached hydrogens (tertiary/aromatic N) is 3. The summed E-state index contributed by atoms with van der Waals surface area (Å²) >= 11 is 1.29. The van der Waals surface area contributed by atoms with Crippen molar-refractivity contribution >= 4 is 35.0 Å². The van der Waals surface area contributed by atoms with Crippen molar-refractivity contribution in [2.45, 2.75) is 39.3 Å². The maximum Gasteiger partial charge on any atom is 0.234 e. The molecule has 0 aliphatic heterocycles. The second kappa shape index (κ2) is 9.78. The Morgan fingerprint density at radius 1 is 0.935 bits per heavy atom. The van der Waals surface area contributed by atoms with Crippen molar-refractivity contribution in [2.75, 3.05) is 16.4 Å². The number of hydrogen-bond donors (Lipinski definition) is 2. The van der Waals surface area contributed by atoms with Crippen LogP contribution in [0.2, 0.25) is 0 Å². The number of amides is 2. The van der Waals surface area contributed by atoms with Gasteiger partial charge >= 0.3 is 0 Å². The summed E-state index contributed by atoms with van der Waals surface area (Å²) in [5.41, 5.74) is 6.04. The lowest BCUT2D eigenvalue weighted by Gasteiger charge is -2.10. The minimum absolute atomic E-state index is 0.103. The molecule has 2 aromatic carbocycles. The highest BCUT2D eigenvalue weighted by atomic mass is 32.2. The molecule has 0 saturated carbocycles. The Morgan fingerprint density at radius 2 is 1.71 bits per heavy atom. The van der Waals surface area contributed by atoms with E-state index in [-0.39, 0.29) is 24.0 Å². The van der Waals surface area contributed by atoms with Gasteiger partial charge in [-0.3, -0.25) is 9.59 Å². The van der Waals surface area contributed by atoms with E-state index in [2.05, 4.69) is 20.8 Å². The molecule has 162 valence electrons. The molecule has 0 fully saturated rings. The first-order valence-corrected chi connectivity index (χ1v) is 11.0. The maximum absolute atomic E-state index is 12.4. The Balaban J connectivity index is 1.55. The molecule has 0 unspecified atom stereocenters. The van der Waals surface area contributed by atoms with Gasteiger partial charge in [0.25, 0.3) is 0 Å². The lowest BCUT2D eigenvalue weighted by atomic mass is 10.1. The van der Waals surface area contributed by atoms with Gasteiger partial charge in [0.05, 0.1) is 12.2 Å². The minimum Gasteiger partial charge on any atom is -0.326 e. The van der Waals surface area contributed by atoms with E-state index in [1.165, 1.54) is 17.3 Å². The van der Waals surface area contributed by atoms with Crippen LogP contribution in [-0.4, -0.2) is 32.3 Å². The van der Waals surface area contributed by atoms with E-state index in [1.54, 1.807) is 11.6 Å². The van der Waals surface area contributed by atoms with E-state index in [9.17, 15) is 9.59 Å². The molecule has 2 N–H and O–H groups in total. The average Bonchev–Trinajstić information content (AvgIpc) is 3.06. The molecule has 1 aromatic heterocycles. The molecule has 8 heteroatoms. The number of anilines is 2. The number of hydrogen-bond acceptors (Lipinski definition) is 5. The van der Waals surface area contributed by atoms with Gasteiger partial charge < -0.3 is 15.2 Å². The molecule has 31 heavy (non-hydrogen) atoms. The Kier molecular flexibility index (Phi) is 7.12. The van der Waals surface area contributed by atoms with E-state index in [1.807, 2.05) is 64.1 Å². The van der Waals surface area contributed by atoms with Crippen LogP contribution in [0.4, 0.5) is 11.4 Å². The molecule has 0 saturated heterocycles. The van der Waals surface area contributed by atoms with Gasteiger partial charge in [0.15, 0.2) is 5.16 Å². The van der Waals surface area contributed by atoms with Crippen LogP contribution < -0.4 is 10.6 Å². The highest BCUT2D eigenvalue weighted by Crippen LogP contribution is 2.20. The first kappa shape index (κ1) is 22.6. The summed E-state index contributed by atoms with van der Waals surface area (Å²) in [6, 6.07) is 11.6. The standard InChI is InChI=1S/C23H27N5O2S/c1-14-9-10-18(11-16(14)3)24-21(29)12-20-26-27-23(28(20)5)31-13-22(30)25-19-8-6-7-15(2)17(19)4/h6-11H,12-13H2,1-5H3,(H,24,29)(H,25,30). The average molecular weight is 438 g/mol. The number of aromatic nitrogens is 3. The molecule has 0 radical (unpaired) electrons. The predicted octanol–water partition coefficient (Wildman–Crippen LogP) is 3.96. The third-order valence-electron chi connectivity index (χ3n) is 5.25. The van der Waals surface area contributed by atoms with Crippen molar-refractivity contribution in [3.63, 3.8) is 0 Å². The molecular formula is C23H27N5O2S. The van der Waals surface area contributed by atoms with Crippen LogP contribution in [0.5, 0.6) is 0 Å². The van der Waals surface area contributed by atoms with Crippen molar-refractivity contribution in [1.82, 2.24) is 14.8 Å². The molecule has 0 bridgehead atoms. The van der Waals surface area contributed by atoms with Gasteiger partial charge in [-0.15, -0.1) is 10.2 Å². The summed E-state index contributed by atoms with van der Waals surface area (Å²) in [4.78, 5) is 24.8. The number of aryl methyl sites for hydroxylation is 3. The number of benzene rings is 2. The molecule has 1 heterocycles. The Labute approximate surface area is 186 Å². The molecule has 0 aliphatic rings. The van der Waals surface area contributed by atoms with Crippen molar-refractivity contribution in [2.24, 2.45) is 7.05 Å². The number of carbonyl (C=O) groups excluding carboxylic acids is 2. The third kappa shape index (κ3) is 5.73. The molecule has 7 nitrogen and oxygen atoms in total. The lowest BCUT2D eigenvalue weighted by Crippen LogP contribution is -2.17. The fourth-order valence-electron chi connectivity index (χ4n) is 3.00. The van der Waals surface area contributed by atoms with E-state index in [0.29, 0.717) is 11.0 Å². The largest absolute Gasteiger partial charge is 0.326 e. The first-order valence-electron chi connectivity index (χ1n) is 9.99.